The molecule has 0 amide bonds. The van der Waals surface area contributed by atoms with Crippen LogP contribution in [0.15, 0.2) is 48.7 Å². The Morgan fingerprint density at radius 1 is 1.14 bits per heavy atom. The van der Waals surface area contributed by atoms with Gasteiger partial charge in [0.2, 0.25) is 0 Å². The quantitative estimate of drug-likeness (QED) is 0.778. The molecule has 114 valence electrons. The van der Waals surface area contributed by atoms with E-state index in [4.69, 9.17) is 5.73 Å². The van der Waals surface area contributed by atoms with Crippen LogP contribution in [0, 0.1) is 0 Å². The highest BCUT2D eigenvalue weighted by atomic mass is 16.3. The first-order valence-electron chi connectivity index (χ1n) is 7.44. The van der Waals surface area contributed by atoms with Crippen LogP contribution in [0.5, 0.6) is 0 Å². The highest BCUT2D eigenvalue weighted by molar-refractivity contribution is 5.83. The third-order valence-corrected chi connectivity index (χ3v) is 3.91. The van der Waals surface area contributed by atoms with Crippen LogP contribution >= 0.6 is 0 Å². The third kappa shape index (κ3) is 2.75. The Hall–Kier alpha value is -2.17. The molecule has 0 bridgehead atoms. The van der Waals surface area contributed by atoms with Crippen molar-refractivity contribution in [2.45, 2.75) is 32.5 Å². The molecule has 0 fully saturated rings. The molecule has 0 aliphatic rings. The number of benzene rings is 2. The van der Waals surface area contributed by atoms with Crippen LogP contribution in [0.4, 0.5) is 0 Å². The zero-order chi connectivity index (χ0) is 15.7. The van der Waals surface area contributed by atoms with E-state index in [2.05, 4.69) is 17.2 Å². The molecule has 4 heteroatoms. The van der Waals surface area contributed by atoms with Crippen molar-refractivity contribution in [3.8, 4) is 0 Å². The van der Waals surface area contributed by atoms with Gasteiger partial charge in [-0.15, -0.1) is 0 Å². The summed E-state index contributed by atoms with van der Waals surface area (Å²) in [6.45, 7) is 4.82. The Labute approximate surface area is 130 Å². The van der Waals surface area contributed by atoms with E-state index in [1.165, 1.54) is 5.56 Å². The van der Waals surface area contributed by atoms with Crippen molar-refractivity contribution in [3.63, 3.8) is 0 Å². The van der Waals surface area contributed by atoms with Crippen molar-refractivity contribution < 1.29 is 5.11 Å². The van der Waals surface area contributed by atoms with Gasteiger partial charge in [-0.1, -0.05) is 36.4 Å². The summed E-state index contributed by atoms with van der Waals surface area (Å²) >= 11 is 0. The molecule has 0 saturated carbocycles. The number of aliphatic hydroxyl groups is 1. The molecule has 0 spiro atoms. The summed E-state index contributed by atoms with van der Waals surface area (Å²) in [4.78, 5) is 0. The smallest absolute Gasteiger partial charge is 0.0847 e. The number of rotatable bonds is 4. The first-order valence-corrected chi connectivity index (χ1v) is 7.44. The molecule has 4 nitrogen and oxygen atoms in total. The summed E-state index contributed by atoms with van der Waals surface area (Å²) in [6, 6.07) is 14.2. The molecular weight excluding hydrogens is 274 g/mol. The van der Waals surface area contributed by atoms with Gasteiger partial charge in [0, 0.05) is 11.9 Å². The van der Waals surface area contributed by atoms with Crippen LogP contribution in [0.1, 0.15) is 30.5 Å². The summed E-state index contributed by atoms with van der Waals surface area (Å²) in [5.74, 6) is 0. The monoisotopic (exact) mass is 295 g/mol. The molecule has 1 heterocycles. The van der Waals surface area contributed by atoms with Crippen molar-refractivity contribution in [2.24, 2.45) is 5.73 Å². The Bertz CT molecular complexity index is 799. The zero-order valence-corrected chi connectivity index (χ0v) is 13.0. The summed E-state index contributed by atoms with van der Waals surface area (Å²) in [7, 11) is 0. The Morgan fingerprint density at radius 3 is 2.59 bits per heavy atom. The molecule has 3 rings (SSSR count). The van der Waals surface area contributed by atoms with Crippen molar-refractivity contribution in [1.29, 1.82) is 0 Å². The van der Waals surface area contributed by atoms with Crippen molar-refractivity contribution in [1.82, 2.24) is 9.78 Å². The molecule has 0 aliphatic carbocycles. The molecule has 22 heavy (non-hydrogen) atoms. The second-order valence-electron chi connectivity index (χ2n) is 6.12. The predicted molar refractivity (Wildman–Crippen MR) is 88.4 cm³/mol. The lowest BCUT2D eigenvalue weighted by Gasteiger charge is -2.18. The van der Waals surface area contributed by atoms with Gasteiger partial charge in [-0.3, -0.25) is 4.68 Å². The first kappa shape index (κ1) is 14.8. The third-order valence-electron chi connectivity index (χ3n) is 3.91. The maximum absolute atomic E-state index is 10.3. The van der Waals surface area contributed by atoms with Gasteiger partial charge in [0.1, 0.15) is 0 Å². The Balaban J connectivity index is 2.02. The second-order valence-corrected chi connectivity index (χ2v) is 6.12. The normalized spacial score (nSPS) is 12.0. The molecule has 0 radical (unpaired) electrons. The van der Waals surface area contributed by atoms with E-state index in [-0.39, 0.29) is 0 Å². The minimum atomic E-state index is -0.882. The van der Waals surface area contributed by atoms with Crippen LogP contribution in [-0.4, -0.2) is 14.9 Å². The number of fused-ring (bicyclic) bond motifs is 1. The number of nitrogens with zero attached hydrogens (tertiary/aromatic N) is 2. The molecular formula is C18H21N3O. The van der Waals surface area contributed by atoms with E-state index >= 15 is 0 Å². The number of nitrogens with two attached hydrogens (primary N) is 1. The van der Waals surface area contributed by atoms with Gasteiger partial charge in [0.25, 0.3) is 0 Å². The summed E-state index contributed by atoms with van der Waals surface area (Å²) in [5, 5.41) is 15.8. The van der Waals surface area contributed by atoms with Crippen LogP contribution in [0.2, 0.25) is 0 Å². The fourth-order valence-corrected chi connectivity index (χ4v) is 2.79. The Morgan fingerprint density at radius 2 is 1.86 bits per heavy atom. The van der Waals surface area contributed by atoms with Crippen LogP contribution in [-0.2, 0) is 18.7 Å². The first-order chi connectivity index (χ1) is 10.5. The van der Waals surface area contributed by atoms with Crippen molar-refractivity contribution in [3.05, 3.63) is 65.4 Å². The van der Waals surface area contributed by atoms with Crippen LogP contribution < -0.4 is 5.73 Å². The standard InChI is InChI=1S/C18H21N3O/c1-18(2,22)16-7-4-8-17-15(16)11-20-21(17)12-14-6-3-5-13(9-14)10-19/h3-9,11,22H,10,12,19H2,1-2H3. The molecule has 3 N–H and O–H groups in total. The minimum Gasteiger partial charge on any atom is -0.386 e. The lowest BCUT2D eigenvalue weighted by atomic mass is 9.95. The van der Waals surface area contributed by atoms with Gasteiger partial charge >= 0.3 is 0 Å². The molecule has 0 unspecified atom stereocenters. The molecule has 2 aromatic carbocycles. The van der Waals surface area contributed by atoms with Crippen molar-refractivity contribution in [2.75, 3.05) is 0 Å². The fourth-order valence-electron chi connectivity index (χ4n) is 2.79. The van der Waals surface area contributed by atoms with Gasteiger partial charge in [-0.25, -0.2) is 0 Å². The van der Waals surface area contributed by atoms with Crippen molar-refractivity contribution >= 4 is 10.9 Å². The summed E-state index contributed by atoms with van der Waals surface area (Å²) in [5.41, 5.74) is 9.02. The lowest BCUT2D eigenvalue weighted by molar-refractivity contribution is 0.0802. The number of hydrogen-bond acceptors (Lipinski definition) is 3. The number of aromatic nitrogens is 2. The molecule has 0 atom stereocenters. The largest absolute Gasteiger partial charge is 0.386 e. The maximum atomic E-state index is 10.3. The molecule has 0 saturated heterocycles. The Kier molecular flexibility index (Phi) is 3.72. The molecule has 3 aromatic rings. The van der Waals surface area contributed by atoms with E-state index in [1.54, 1.807) is 13.8 Å². The average Bonchev–Trinajstić information content (AvgIpc) is 2.89. The van der Waals surface area contributed by atoms with Gasteiger partial charge in [0.15, 0.2) is 0 Å². The lowest BCUT2D eigenvalue weighted by Crippen LogP contribution is -2.15. The fraction of sp³-hybridized carbons (Fsp3) is 0.278. The average molecular weight is 295 g/mol. The van der Waals surface area contributed by atoms with Gasteiger partial charge in [-0.05, 0) is 36.6 Å². The highest BCUT2D eigenvalue weighted by Gasteiger charge is 2.20. The van der Waals surface area contributed by atoms with Crippen LogP contribution in [0.25, 0.3) is 10.9 Å². The molecule has 1 aromatic heterocycles. The SMILES string of the molecule is CC(C)(O)c1cccc2c1cnn2Cc1cccc(CN)c1. The second kappa shape index (κ2) is 5.55. The zero-order valence-electron chi connectivity index (χ0n) is 13.0. The van der Waals surface area contributed by atoms with Gasteiger partial charge < -0.3 is 10.8 Å². The summed E-state index contributed by atoms with van der Waals surface area (Å²) < 4.78 is 1.96. The van der Waals surface area contributed by atoms with Gasteiger partial charge in [-0.2, -0.15) is 5.10 Å². The van der Waals surface area contributed by atoms with E-state index < -0.39 is 5.60 Å². The predicted octanol–water partition coefficient (Wildman–Crippen LogP) is 2.77. The minimum absolute atomic E-state index is 0.538. The topological polar surface area (TPSA) is 64.1 Å². The molecule has 0 aliphatic heterocycles. The van der Waals surface area contributed by atoms with Gasteiger partial charge in [0.05, 0.1) is 23.9 Å². The maximum Gasteiger partial charge on any atom is 0.0847 e. The number of hydrogen-bond donors (Lipinski definition) is 2. The highest BCUT2D eigenvalue weighted by Crippen LogP contribution is 2.28. The van der Waals surface area contributed by atoms with E-state index in [1.807, 2.05) is 41.2 Å². The van der Waals surface area contributed by atoms with E-state index in [0.29, 0.717) is 13.1 Å². The van der Waals surface area contributed by atoms with Crippen LogP contribution in [0.3, 0.4) is 0 Å². The summed E-state index contributed by atoms with van der Waals surface area (Å²) in [6.07, 6.45) is 1.83. The van der Waals surface area contributed by atoms with E-state index in [9.17, 15) is 5.11 Å². The van der Waals surface area contributed by atoms with E-state index in [0.717, 1.165) is 22.0 Å².